The Labute approximate surface area is 148 Å². The lowest BCUT2D eigenvalue weighted by Gasteiger charge is -2.30. The van der Waals surface area contributed by atoms with E-state index in [0.29, 0.717) is 5.69 Å². The predicted octanol–water partition coefficient (Wildman–Crippen LogP) is 3.14. The number of benzene rings is 2. The highest BCUT2D eigenvalue weighted by molar-refractivity contribution is 5.95. The van der Waals surface area contributed by atoms with Crippen LogP contribution in [0.15, 0.2) is 54.6 Å². The van der Waals surface area contributed by atoms with Crippen LogP contribution in [0.25, 0.3) is 0 Å². The van der Waals surface area contributed by atoms with Crippen LogP contribution in [-0.2, 0) is 4.79 Å². The third kappa shape index (κ3) is 4.65. The van der Waals surface area contributed by atoms with Gasteiger partial charge in [-0.3, -0.25) is 9.69 Å². The average Bonchev–Trinajstić information content (AvgIpc) is 2.83. The van der Waals surface area contributed by atoms with Crippen molar-refractivity contribution in [2.24, 2.45) is 0 Å². The van der Waals surface area contributed by atoms with Gasteiger partial charge < -0.3 is 10.2 Å². The van der Waals surface area contributed by atoms with Gasteiger partial charge in [-0.15, -0.1) is 0 Å². The molecule has 1 aliphatic heterocycles. The fourth-order valence-corrected chi connectivity index (χ4v) is 3.23. The Balaban J connectivity index is 1.82. The highest BCUT2D eigenvalue weighted by atomic mass is 19.1. The van der Waals surface area contributed by atoms with Gasteiger partial charge in [0.1, 0.15) is 11.9 Å². The van der Waals surface area contributed by atoms with Gasteiger partial charge >= 0.3 is 0 Å². The molecule has 0 saturated carbocycles. The molecule has 1 heterocycles. The molecule has 1 N–H and O–H groups in total. The van der Waals surface area contributed by atoms with E-state index in [-0.39, 0.29) is 17.8 Å². The van der Waals surface area contributed by atoms with Crippen LogP contribution >= 0.6 is 0 Å². The number of amides is 1. The van der Waals surface area contributed by atoms with Crippen molar-refractivity contribution >= 4 is 11.6 Å². The van der Waals surface area contributed by atoms with Crippen LogP contribution in [0.4, 0.5) is 10.1 Å². The first-order chi connectivity index (χ1) is 12.1. The van der Waals surface area contributed by atoms with Gasteiger partial charge in [0.25, 0.3) is 0 Å². The Morgan fingerprint density at radius 2 is 1.72 bits per heavy atom. The number of hydrogen-bond acceptors (Lipinski definition) is 3. The standard InChI is InChI=1S/C20H24FN3O/c1-23-12-5-13-24(15-14-23)19(16-6-3-2-4-7-16)20(25)22-18-10-8-17(21)9-11-18/h2-4,6-11,19H,5,12-15H2,1H3,(H,22,25). The van der Waals surface area contributed by atoms with E-state index in [0.717, 1.165) is 38.2 Å². The summed E-state index contributed by atoms with van der Waals surface area (Å²) < 4.78 is 13.1. The number of halogens is 1. The second-order valence-corrected chi connectivity index (χ2v) is 6.50. The van der Waals surface area contributed by atoms with Crippen molar-refractivity contribution in [2.75, 3.05) is 38.5 Å². The van der Waals surface area contributed by atoms with Gasteiger partial charge in [-0.05, 0) is 49.8 Å². The molecule has 0 aliphatic carbocycles. The van der Waals surface area contributed by atoms with Gasteiger partial charge in [-0.1, -0.05) is 30.3 Å². The van der Waals surface area contributed by atoms with E-state index >= 15 is 0 Å². The van der Waals surface area contributed by atoms with Crippen molar-refractivity contribution in [1.82, 2.24) is 9.80 Å². The van der Waals surface area contributed by atoms with Crippen LogP contribution in [0.5, 0.6) is 0 Å². The molecule has 1 amide bonds. The molecule has 1 saturated heterocycles. The molecule has 0 aromatic heterocycles. The predicted molar refractivity (Wildman–Crippen MR) is 97.9 cm³/mol. The maximum Gasteiger partial charge on any atom is 0.246 e. The first-order valence-electron chi connectivity index (χ1n) is 8.67. The Bertz CT molecular complexity index is 690. The molecule has 1 fully saturated rings. The number of carbonyl (C=O) groups excluding carboxylic acids is 1. The number of nitrogens with zero attached hydrogens (tertiary/aromatic N) is 2. The fourth-order valence-electron chi connectivity index (χ4n) is 3.23. The molecular weight excluding hydrogens is 317 g/mol. The number of rotatable bonds is 4. The van der Waals surface area contributed by atoms with Gasteiger partial charge in [0.2, 0.25) is 5.91 Å². The molecule has 0 spiro atoms. The van der Waals surface area contributed by atoms with Crippen LogP contribution < -0.4 is 5.32 Å². The zero-order chi connectivity index (χ0) is 17.6. The number of nitrogens with one attached hydrogen (secondary N) is 1. The normalized spacial score (nSPS) is 17.7. The fraction of sp³-hybridized carbons (Fsp3) is 0.350. The van der Waals surface area contributed by atoms with E-state index in [1.165, 1.54) is 12.1 Å². The summed E-state index contributed by atoms with van der Waals surface area (Å²) in [5, 5.41) is 2.94. The van der Waals surface area contributed by atoms with Gasteiger partial charge in [0.05, 0.1) is 0 Å². The SMILES string of the molecule is CN1CCCN(C(C(=O)Nc2ccc(F)cc2)c2ccccc2)CC1. The molecule has 1 aliphatic rings. The third-order valence-electron chi connectivity index (χ3n) is 4.59. The second-order valence-electron chi connectivity index (χ2n) is 6.50. The molecule has 132 valence electrons. The van der Waals surface area contributed by atoms with Crippen molar-refractivity contribution < 1.29 is 9.18 Å². The lowest BCUT2D eigenvalue weighted by Crippen LogP contribution is -2.39. The van der Waals surface area contributed by atoms with Gasteiger partial charge in [-0.25, -0.2) is 4.39 Å². The molecule has 25 heavy (non-hydrogen) atoms. The summed E-state index contributed by atoms with van der Waals surface area (Å²) >= 11 is 0. The van der Waals surface area contributed by atoms with Crippen molar-refractivity contribution in [2.45, 2.75) is 12.5 Å². The van der Waals surface area contributed by atoms with E-state index in [2.05, 4.69) is 22.2 Å². The molecule has 2 aromatic carbocycles. The Kier molecular flexibility index (Phi) is 5.79. The van der Waals surface area contributed by atoms with Crippen LogP contribution in [0.3, 0.4) is 0 Å². The highest BCUT2D eigenvalue weighted by Gasteiger charge is 2.28. The van der Waals surface area contributed by atoms with E-state index in [1.807, 2.05) is 30.3 Å². The Morgan fingerprint density at radius 1 is 1.00 bits per heavy atom. The van der Waals surface area contributed by atoms with Crippen LogP contribution in [0, 0.1) is 5.82 Å². The molecule has 5 heteroatoms. The van der Waals surface area contributed by atoms with Gasteiger partial charge in [0, 0.05) is 25.3 Å². The minimum Gasteiger partial charge on any atom is -0.324 e. The van der Waals surface area contributed by atoms with Gasteiger partial charge in [-0.2, -0.15) is 0 Å². The van der Waals surface area contributed by atoms with Crippen LogP contribution in [-0.4, -0.2) is 48.9 Å². The summed E-state index contributed by atoms with van der Waals surface area (Å²) in [7, 11) is 2.11. The van der Waals surface area contributed by atoms with E-state index < -0.39 is 0 Å². The summed E-state index contributed by atoms with van der Waals surface area (Å²) in [6.45, 7) is 3.69. The molecule has 2 aromatic rings. The number of likely N-dealkylation sites (N-methyl/N-ethyl adjacent to an activating group) is 1. The first kappa shape index (κ1) is 17.6. The van der Waals surface area contributed by atoms with Crippen molar-refractivity contribution in [1.29, 1.82) is 0 Å². The van der Waals surface area contributed by atoms with E-state index in [9.17, 15) is 9.18 Å². The minimum atomic E-state index is -0.349. The smallest absolute Gasteiger partial charge is 0.246 e. The van der Waals surface area contributed by atoms with E-state index in [4.69, 9.17) is 0 Å². The summed E-state index contributed by atoms with van der Waals surface area (Å²) in [5.41, 5.74) is 1.59. The number of hydrogen-bond donors (Lipinski definition) is 1. The monoisotopic (exact) mass is 341 g/mol. The van der Waals surface area contributed by atoms with Crippen molar-refractivity contribution in [3.63, 3.8) is 0 Å². The third-order valence-corrected chi connectivity index (χ3v) is 4.59. The number of anilines is 1. The van der Waals surface area contributed by atoms with Crippen molar-refractivity contribution in [3.05, 3.63) is 66.0 Å². The minimum absolute atomic E-state index is 0.0811. The summed E-state index contributed by atoms with van der Waals surface area (Å²) in [6.07, 6.45) is 1.03. The molecule has 1 unspecified atom stereocenters. The Morgan fingerprint density at radius 3 is 2.44 bits per heavy atom. The molecule has 0 radical (unpaired) electrons. The average molecular weight is 341 g/mol. The van der Waals surface area contributed by atoms with Gasteiger partial charge in [0.15, 0.2) is 0 Å². The lowest BCUT2D eigenvalue weighted by atomic mass is 10.0. The Hall–Kier alpha value is -2.24. The maximum absolute atomic E-state index is 13.1. The second kappa shape index (κ2) is 8.23. The molecule has 4 nitrogen and oxygen atoms in total. The maximum atomic E-state index is 13.1. The molecule has 3 rings (SSSR count). The molecular formula is C20H24FN3O. The molecule has 1 atom stereocenters. The zero-order valence-corrected chi connectivity index (χ0v) is 14.5. The number of carbonyl (C=O) groups is 1. The summed E-state index contributed by atoms with van der Waals surface area (Å²) in [5.74, 6) is -0.393. The lowest BCUT2D eigenvalue weighted by molar-refractivity contribution is -0.121. The van der Waals surface area contributed by atoms with Crippen molar-refractivity contribution in [3.8, 4) is 0 Å². The largest absolute Gasteiger partial charge is 0.324 e. The zero-order valence-electron chi connectivity index (χ0n) is 14.5. The van der Waals surface area contributed by atoms with E-state index in [1.54, 1.807) is 12.1 Å². The van der Waals surface area contributed by atoms with Crippen LogP contribution in [0.1, 0.15) is 18.0 Å². The first-order valence-corrected chi connectivity index (χ1v) is 8.67. The summed E-state index contributed by atoms with van der Waals surface area (Å²) in [4.78, 5) is 17.6. The summed E-state index contributed by atoms with van der Waals surface area (Å²) in [6, 6.07) is 15.4. The molecule has 0 bridgehead atoms. The quantitative estimate of drug-likeness (QED) is 0.928. The highest BCUT2D eigenvalue weighted by Crippen LogP contribution is 2.24. The topological polar surface area (TPSA) is 35.6 Å². The van der Waals surface area contributed by atoms with Crippen LogP contribution in [0.2, 0.25) is 0 Å².